The molecule has 1 saturated carbocycles. The average Bonchev–Trinajstić information content (AvgIpc) is 3.09. The third-order valence-electron chi connectivity index (χ3n) is 3.83. The Kier molecular flexibility index (Phi) is 4.19. The fourth-order valence-electron chi connectivity index (χ4n) is 2.71. The summed E-state index contributed by atoms with van der Waals surface area (Å²) in [6.45, 7) is 1.35. The molecule has 20 heavy (non-hydrogen) atoms. The molecule has 3 rings (SSSR count). The second-order valence-electron chi connectivity index (χ2n) is 5.51. The van der Waals surface area contributed by atoms with E-state index in [4.69, 9.17) is 4.42 Å². The predicted molar refractivity (Wildman–Crippen MR) is 79.6 cm³/mol. The van der Waals surface area contributed by atoms with Crippen molar-refractivity contribution < 1.29 is 9.52 Å². The molecule has 0 aliphatic heterocycles. The van der Waals surface area contributed by atoms with E-state index >= 15 is 0 Å². The Bertz CT molecular complexity index is 530. The molecule has 4 nitrogen and oxygen atoms in total. The van der Waals surface area contributed by atoms with Crippen LogP contribution in [0.1, 0.15) is 37.8 Å². The van der Waals surface area contributed by atoms with E-state index in [1.165, 1.54) is 6.42 Å². The lowest BCUT2D eigenvalue weighted by Gasteiger charge is -2.32. The highest BCUT2D eigenvalue weighted by Gasteiger charge is 2.28. The fourth-order valence-corrected chi connectivity index (χ4v) is 3.50. The molecule has 2 aromatic heterocycles. The molecule has 1 aliphatic carbocycles. The SMILES string of the molecule is OC1(CNCc2csc(-c3ccco3)n2)CCCCC1. The first kappa shape index (κ1) is 13.8. The molecule has 0 spiro atoms. The van der Waals surface area contributed by atoms with Crippen molar-refractivity contribution >= 4 is 11.3 Å². The van der Waals surface area contributed by atoms with Crippen LogP contribution in [0.5, 0.6) is 0 Å². The summed E-state index contributed by atoms with van der Waals surface area (Å²) in [6, 6.07) is 3.79. The zero-order valence-electron chi connectivity index (χ0n) is 11.5. The number of hydrogen-bond acceptors (Lipinski definition) is 5. The molecule has 1 fully saturated rings. The highest BCUT2D eigenvalue weighted by molar-refractivity contribution is 7.13. The van der Waals surface area contributed by atoms with Gasteiger partial charge in [0.15, 0.2) is 10.8 Å². The maximum absolute atomic E-state index is 10.4. The first-order valence-corrected chi connectivity index (χ1v) is 8.05. The van der Waals surface area contributed by atoms with Crippen LogP contribution in [0.4, 0.5) is 0 Å². The van der Waals surface area contributed by atoms with E-state index in [2.05, 4.69) is 10.3 Å². The Morgan fingerprint density at radius 3 is 2.95 bits per heavy atom. The number of nitrogens with one attached hydrogen (secondary N) is 1. The quantitative estimate of drug-likeness (QED) is 0.888. The zero-order chi connectivity index (χ0) is 13.8. The molecule has 0 saturated heterocycles. The molecular formula is C15H20N2O2S. The molecule has 2 N–H and O–H groups in total. The Balaban J connectivity index is 1.51. The van der Waals surface area contributed by atoms with Gasteiger partial charge in [-0.2, -0.15) is 0 Å². The largest absolute Gasteiger partial charge is 0.462 e. The van der Waals surface area contributed by atoms with Crippen LogP contribution in [0.15, 0.2) is 28.2 Å². The second-order valence-corrected chi connectivity index (χ2v) is 6.37. The molecule has 108 valence electrons. The molecule has 5 heteroatoms. The Morgan fingerprint density at radius 2 is 2.20 bits per heavy atom. The van der Waals surface area contributed by atoms with Crippen LogP contribution in [-0.4, -0.2) is 22.2 Å². The van der Waals surface area contributed by atoms with Crippen LogP contribution in [0, 0.1) is 0 Å². The summed E-state index contributed by atoms with van der Waals surface area (Å²) in [5, 5.41) is 16.7. The first-order valence-electron chi connectivity index (χ1n) is 7.17. The van der Waals surface area contributed by atoms with Crippen LogP contribution in [-0.2, 0) is 6.54 Å². The smallest absolute Gasteiger partial charge is 0.162 e. The molecule has 0 aromatic carbocycles. The molecule has 0 unspecified atom stereocenters. The normalized spacial score (nSPS) is 18.2. The average molecular weight is 292 g/mol. The predicted octanol–water partition coefficient (Wildman–Crippen LogP) is 3.19. The van der Waals surface area contributed by atoms with Gasteiger partial charge in [-0.15, -0.1) is 11.3 Å². The summed E-state index contributed by atoms with van der Waals surface area (Å²) in [6.07, 6.45) is 7.01. The van der Waals surface area contributed by atoms with E-state index in [-0.39, 0.29) is 0 Å². The van der Waals surface area contributed by atoms with Crippen LogP contribution in [0.25, 0.3) is 10.8 Å². The van der Waals surface area contributed by atoms with Crippen molar-refractivity contribution in [3.63, 3.8) is 0 Å². The number of thiazole rings is 1. The third-order valence-corrected chi connectivity index (χ3v) is 4.73. The van der Waals surface area contributed by atoms with Crippen LogP contribution in [0.3, 0.4) is 0 Å². The number of aliphatic hydroxyl groups is 1. The lowest BCUT2D eigenvalue weighted by Crippen LogP contribution is -2.41. The van der Waals surface area contributed by atoms with Crippen LogP contribution >= 0.6 is 11.3 Å². The van der Waals surface area contributed by atoms with Gasteiger partial charge in [0.1, 0.15) is 0 Å². The zero-order valence-corrected chi connectivity index (χ0v) is 12.3. The van der Waals surface area contributed by atoms with Crippen molar-refractivity contribution in [3.8, 4) is 10.8 Å². The number of aromatic nitrogens is 1. The molecule has 2 aromatic rings. The standard InChI is InChI=1S/C15H20N2O2S/c18-15(6-2-1-3-7-15)11-16-9-12-10-20-14(17-12)13-5-4-8-19-13/h4-5,8,10,16,18H,1-3,6-7,9,11H2. The number of nitrogens with zero attached hydrogens (tertiary/aromatic N) is 1. The van der Waals surface area contributed by atoms with Gasteiger partial charge in [0.2, 0.25) is 0 Å². The van der Waals surface area contributed by atoms with Gasteiger partial charge in [0, 0.05) is 18.5 Å². The Hall–Kier alpha value is -1.17. The lowest BCUT2D eigenvalue weighted by atomic mass is 9.85. The van der Waals surface area contributed by atoms with E-state index in [9.17, 15) is 5.11 Å². The van der Waals surface area contributed by atoms with Gasteiger partial charge in [0.25, 0.3) is 0 Å². The third kappa shape index (κ3) is 3.29. The van der Waals surface area contributed by atoms with Crippen molar-refractivity contribution in [1.82, 2.24) is 10.3 Å². The van der Waals surface area contributed by atoms with Crippen molar-refractivity contribution in [1.29, 1.82) is 0 Å². The van der Waals surface area contributed by atoms with Crippen LogP contribution < -0.4 is 5.32 Å². The maximum Gasteiger partial charge on any atom is 0.162 e. The van der Waals surface area contributed by atoms with E-state index in [1.807, 2.05) is 17.5 Å². The Labute approximate surface area is 122 Å². The summed E-state index contributed by atoms with van der Waals surface area (Å²) in [4.78, 5) is 4.54. The topological polar surface area (TPSA) is 58.3 Å². The van der Waals surface area contributed by atoms with E-state index in [0.717, 1.165) is 42.1 Å². The molecule has 0 radical (unpaired) electrons. The molecule has 0 bridgehead atoms. The van der Waals surface area contributed by atoms with Gasteiger partial charge in [-0.25, -0.2) is 4.98 Å². The molecule has 2 heterocycles. The second kappa shape index (κ2) is 6.08. The van der Waals surface area contributed by atoms with Gasteiger partial charge >= 0.3 is 0 Å². The van der Waals surface area contributed by atoms with E-state index in [0.29, 0.717) is 13.1 Å². The maximum atomic E-state index is 10.4. The number of hydrogen-bond donors (Lipinski definition) is 2. The summed E-state index contributed by atoms with van der Waals surface area (Å²) < 4.78 is 5.34. The number of rotatable bonds is 5. The summed E-state index contributed by atoms with van der Waals surface area (Å²) in [5.41, 5.74) is 0.485. The van der Waals surface area contributed by atoms with Crippen molar-refractivity contribution in [2.24, 2.45) is 0 Å². The van der Waals surface area contributed by atoms with Gasteiger partial charge < -0.3 is 14.8 Å². The monoisotopic (exact) mass is 292 g/mol. The van der Waals surface area contributed by atoms with E-state index < -0.39 is 5.60 Å². The number of furan rings is 1. The molecule has 0 atom stereocenters. The summed E-state index contributed by atoms with van der Waals surface area (Å²) in [5.74, 6) is 0.812. The minimum atomic E-state index is -0.516. The Morgan fingerprint density at radius 1 is 1.35 bits per heavy atom. The lowest BCUT2D eigenvalue weighted by molar-refractivity contribution is 0.00463. The van der Waals surface area contributed by atoms with Crippen molar-refractivity contribution in [2.75, 3.05) is 6.54 Å². The molecule has 1 aliphatic rings. The summed E-state index contributed by atoms with van der Waals surface area (Å²) >= 11 is 1.59. The minimum absolute atomic E-state index is 0.516. The summed E-state index contributed by atoms with van der Waals surface area (Å²) in [7, 11) is 0. The highest BCUT2D eigenvalue weighted by atomic mass is 32.1. The molecular weight excluding hydrogens is 272 g/mol. The van der Waals surface area contributed by atoms with E-state index in [1.54, 1.807) is 17.6 Å². The molecule has 0 amide bonds. The highest BCUT2D eigenvalue weighted by Crippen LogP contribution is 2.27. The van der Waals surface area contributed by atoms with Crippen molar-refractivity contribution in [2.45, 2.75) is 44.2 Å². The minimum Gasteiger partial charge on any atom is -0.462 e. The fraction of sp³-hybridized carbons (Fsp3) is 0.533. The van der Waals surface area contributed by atoms with Crippen LogP contribution in [0.2, 0.25) is 0 Å². The van der Waals surface area contributed by atoms with Gasteiger partial charge in [-0.1, -0.05) is 19.3 Å². The van der Waals surface area contributed by atoms with Crippen molar-refractivity contribution in [3.05, 3.63) is 29.5 Å². The van der Waals surface area contributed by atoms with Gasteiger partial charge in [-0.3, -0.25) is 0 Å². The van der Waals surface area contributed by atoms with Gasteiger partial charge in [0.05, 0.1) is 17.6 Å². The van der Waals surface area contributed by atoms with Gasteiger partial charge in [-0.05, 0) is 25.0 Å². The first-order chi connectivity index (χ1) is 9.75.